The van der Waals surface area contributed by atoms with Crippen LogP contribution in [0.4, 0.5) is 0 Å². The number of amides is 1. The van der Waals surface area contributed by atoms with Crippen LogP contribution in [0.1, 0.15) is 52.9 Å². The minimum atomic E-state index is -0.213. The van der Waals surface area contributed by atoms with Gasteiger partial charge in [-0.3, -0.25) is 4.79 Å². The third-order valence-corrected chi connectivity index (χ3v) is 3.94. The quantitative estimate of drug-likeness (QED) is 0.672. The van der Waals surface area contributed by atoms with Crippen LogP contribution in [0.25, 0.3) is 0 Å². The molecule has 1 fully saturated rings. The summed E-state index contributed by atoms with van der Waals surface area (Å²) < 4.78 is 0. The second kappa shape index (κ2) is 6.53. The normalized spacial score (nSPS) is 25.4. The Bertz CT molecular complexity index is 267. The number of rotatable bonds is 6. The Kier molecular flexibility index (Phi) is 5.60. The highest BCUT2D eigenvalue weighted by Gasteiger charge is 2.29. The van der Waals surface area contributed by atoms with E-state index < -0.39 is 0 Å². The molecule has 4 heteroatoms. The van der Waals surface area contributed by atoms with E-state index in [4.69, 9.17) is 10.8 Å². The van der Waals surface area contributed by atoms with Gasteiger partial charge in [0.05, 0.1) is 6.10 Å². The van der Waals surface area contributed by atoms with Gasteiger partial charge < -0.3 is 16.2 Å². The molecular formula is C14H28N2O2. The minimum Gasteiger partial charge on any atom is -0.393 e. The van der Waals surface area contributed by atoms with Crippen molar-refractivity contribution >= 4 is 5.91 Å². The summed E-state index contributed by atoms with van der Waals surface area (Å²) in [6.45, 7) is 7.28. The van der Waals surface area contributed by atoms with E-state index in [0.717, 1.165) is 12.8 Å². The van der Waals surface area contributed by atoms with Gasteiger partial charge in [0.15, 0.2) is 0 Å². The predicted octanol–water partition coefficient (Wildman–Crippen LogP) is 1.42. The molecule has 1 saturated carbocycles. The molecule has 1 unspecified atom stereocenters. The number of aliphatic hydroxyl groups is 1. The van der Waals surface area contributed by atoms with Crippen LogP contribution in [0.15, 0.2) is 0 Å². The predicted molar refractivity (Wildman–Crippen MR) is 73.0 cm³/mol. The van der Waals surface area contributed by atoms with Gasteiger partial charge in [0, 0.05) is 12.5 Å². The zero-order valence-corrected chi connectivity index (χ0v) is 11.9. The Morgan fingerprint density at radius 1 is 1.39 bits per heavy atom. The molecule has 4 N–H and O–H groups in total. The maximum atomic E-state index is 11.8. The van der Waals surface area contributed by atoms with E-state index in [2.05, 4.69) is 26.1 Å². The van der Waals surface area contributed by atoms with Crippen molar-refractivity contribution in [1.82, 2.24) is 5.32 Å². The lowest BCUT2D eigenvalue weighted by molar-refractivity contribution is -0.123. The van der Waals surface area contributed by atoms with Crippen molar-refractivity contribution in [2.75, 3.05) is 6.54 Å². The second-order valence-corrected chi connectivity index (χ2v) is 6.57. The molecule has 4 nitrogen and oxygen atoms in total. The zero-order valence-electron chi connectivity index (χ0n) is 11.9. The Morgan fingerprint density at radius 3 is 2.44 bits per heavy atom. The van der Waals surface area contributed by atoms with Crippen LogP contribution in [0.3, 0.4) is 0 Å². The molecular weight excluding hydrogens is 228 g/mol. The molecule has 0 aliphatic heterocycles. The maximum Gasteiger partial charge on any atom is 0.220 e. The molecule has 106 valence electrons. The van der Waals surface area contributed by atoms with Gasteiger partial charge in [-0.2, -0.15) is 0 Å². The van der Waals surface area contributed by atoms with Crippen LogP contribution in [0.5, 0.6) is 0 Å². The van der Waals surface area contributed by atoms with Crippen LogP contribution >= 0.6 is 0 Å². The van der Waals surface area contributed by atoms with Gasteiger partial charge in [-0.1, -0.05) is 20.8 Å². The molecule has 0 aromatic carbocycles. The Morgan fingerprint density at radius 2 is 2.00 bits per heavy atom. The highest BCUT2D eigenvalue weighted by Crippen LogP contribution is 2.32. The van der Waals surface area contributed by atoms with Crippen molar-refractivity contribution in [1.29, 1.82) is 0 Å². The summed E-state index contributed by atoms with van der Waals surface area (Å²) >= 11 is 0. The summed E-state index contributed by atoms with van der Waals surface area (Å²) in [6.07, 6.45) is 3.62. The Hall–Kier alpha value is -0.610. The topological polar surface area (TPSA) is 75.4 Å². The monoisotopic (exact) mass is 256 g/mol. The van der Waals surface area contributed by atoms with Gasteiger partial charge >= 0.3 is 0 Å². The standard InChI is InChI=1S/C14H28N2O2/c1-14(2,3)10(6-7-15)4-5-13(18)16-11-8-12(17)9-11/h10-12,17H,4-9,15H2,1-3H3,(H,16,18). The first-order chi connectivity index (χ1) is 8.32. The Balaban J connectivity index is 2.26. The number of carbonyl (C=O) groups excluding carboxylic acids is 1. The molecule has 0 aromatic heterocycles. The molecule has 1 rings (SSSR count). The molecule has 0 aromatic rings. The van der Waals surface area contributed by atoms with Crippen LogP contribution in [-0.4, -0.2) is 29.7 Å². The van der Waals surface area contributed by atoms with E-state index in [1.807, 2.05) is 0 Å². The zero-order chi connectivity index (χ0) is 13.8. The largest absolute Gasteiger partial charge is 0.393 e. The van der Waals surface area contributed by atoms with Gasteiger partial charge in [-0.05, 0) is 43.6 Å². The molecule has 0 bridgehead atoms. The van der Waals surface area contributed by atoms with Gasteiger partial charge in [0.1, 0.15) is 0 Å². The highest BCUT2D eigenvalue weighted by atomic mass is 16.3. The van der Waals surface area contributed by atoms with Crippen molar-refractivity contribution in [3.8, 4) is 0 Å². The van der Waals surface area contributed by atoms with Crippen LogP contribution < -0.4 is 11.1 Å². The molecule has 18 heavy (non-hydrogen) atoms. The third kappa shape index (κ3) is 4.94. The van der Waals surface area contributed by atoms with Gasteiger partial charge in [0.2, 0.25) is 5.91 Å². The van der Waals surface area contributed by atoms with Gasteiger partial charge in [-0.25, -0.2) is 0 Å². The average molecular weight is 256 g/mol. The number of nitrogens with two attached hydrogens (primary N) is 1. The summed E-state index contributed by atoms with van der Waals surface area (Å²) in [7, 11) is 0. The lowest BCUT2D eigenvalue weighted by atomic mass is 9.76. The fraction of sp³-hybridized carbons (Fsp3) is 0.929. The summed E-state index contributed by atoms with van der Waals surface area (Å²) in [5, 5.41) is 12.1. The molecule has 0 heterocycles. The molecule has 1 aliphatic rings. The van der Waals surface area contributed by atoms with Crippen LogP contribution in [0, 0.1) is 11.3 Å². The number of carbonyl (C=O) groups is 1. The lowest BCUT2D eigenvalue weighted by Crippen LogP contribution is -2.46. The number of aliphatic hydroxyl groups excluding tert-OH is 1. The van der Waals surface area contributed by atoms with Crippen molar-refractivity contribution in [2.24, 2.45) is 17.1 Å². The van der Waals surface area contributed by atoms with Crippen molar-refractivity contribution in [2.45, 2.75) is 65.0 Å². The average Bonchev–Trinajstić information content (AvgIpc) is 2.20. The number of nitrogens with one attached hydrogen (secondary N) is 1. The summed E-state index contributed by atoms with van der Waals surface area (Å²) in [6, 6.07) is 0.190. The lowest BCUT2D eigenvalue weighted by Gasteiger charge is -2.33. The van der Waals surface area contributed by atoms with Crippen molar-refractivity contribution in [3.63, 3.8) is 0 Å². The molecule has 1 atom stereocenters. The van der Waals surface area contributed by atoms with E-state index in [-0.39, 0.29) is 23.5 Å². The van der Waals surface area contributed by atoms with Crippen molar-refractivity contribution < 1.29 is 9.90 Å². The van der Waals surface area contributed by atoms with E-state index in [1.54, 1.807) is 0 Å². The first kappa shape index (κ1) is 15.4. The highest BCUT2D eigenvalue weighted by molar-refractivity contribution is 5.76. The summed E-state index contributed by atoms with van der Waals surface area (Å²) in [5.41, 5.74) is 5.83. The van der Waals surface area contributed by atoms with E-state index in [0.29, 0.717) is 31.7 Å². The van der Waals surface area contributed by atoms with E-state index in [9.17, 15) is 4.79 Å². The van der Waals surface area contributed by atoms with Gasteiger partial charge in [-0.15, -0.1) is 0 Å². The van der Waals surface area contributed by atoms with E-state index >= 15 is 0 Å². The summed E-state index contributed by atoms with van der Waals surface area (Å²) in [5.74, 6) is 0.596. The van der Waals surface area contributed by atoms with Crippen molar-refractivity contribution in [3.05, 3.63) is 0 Å². The molecule has 0 saturated heterocycles. The molecule has 0 spiro atoms. The molecule has 0 radical (unpaired) electrons. The second-order valence-electron chi connectivity index (χ2n) is 6.57. The SMILES string of the molecule is CC(C)(C)C(CCN)CCC(=O)NC1CC(O)C1. The minimum absolute atomic E-state index is 0.109. The fourth-order valence-electron chi connectivity index (χ4n) is 2.52. The Labute approximate surface area is 110 Å². The maximum absolute atomic E-state index is 11.8. The van der Waals surface area contributed by atoms with Crippen LogP contribution in [-0.2, 0) is 4.79 Å². The molecule has 1 amide bonds. The first-order valence-electron chi connectivity index (χ1n) is 7.00. The molecule has 1 aliphatic carbocycles. The third-order valence-electron chi connectivity index (χ3n) is 3.94. The van der Waals surface area contributed by atoms with Gasteiger partial charge in [0.25, 0.3) is 0 Å². The smallest absolute Gasteiger partial charge is 0.220 e. The first-order valence-corrected chi connectivity index (χ1v) is 7.00. The van der Waals surface area contributed by atoms with E-state index in [1.165, 1.54) is 0 Å². The number of hydrogen-bond acceptors (Lipinski definition) is 3. The van der Waals surface area contributed by atoms with Crippen LogP contribution in [0.2, 0.25) is 0 Å². The fourth-order valence-corrected chi connectivity index (χ4v) is 2.52. The number of hydrogen-bond donors (Lipinski definition) is 3. The summed E-state index contributed by atoms with van der Waals surface area (Å²) in [4.78, 5) is 11.8.